The number of pyridine rings is 1. The van der Waals surface area contributed by atoms with Crippen LogP contribution in [0.15, 0.2) is 10.7 Å². The van der Waals surface area contributed by atoms with Crippen molar-refractivity contribution >= 4 is 27.7 Å². The van der Waals surface area contributed by atoms with Crippen LogP contribution >= 0.6 is 15.9 Å². The van der Waals surface area contributed by atoms with Gasteiger partial charge in [0.15, 0.2) is 0 Å². The third-order valence-corrected chi connectivity index (χ3v) is 2.41. The Bertz CT molecular complexity index is 427. The summed E-state index contributed by atoms with van der Waals surface area (Å²) >= 11 is 3.04. The van der Waals surface area contributed by atoms with E-state index in [1.807, 2.05) is 0 Å². The minimum Gasteiger partial charge on any atom is -0.466 e. The Kier molecular flexibility index (Phi) is 4.80. The van der Waals surface area contributed by atoms with Gasteiger partial charge < -0.3 is 10.5 Å². The molecule has 0 atom stereocenters. The number of esters is 1. The van der Waals surface area contributed by atoms with Gasteiger partial charge in [0.25, 0.3) is 6.43 Å². The third kappa shape index (κ3) is 3.62. The molecule has 1 aromatic heterocycles. The SMILES string of the molecule is CCOC(=O)Cc1cc(Br)nc(N)c1C(F)F. The van der Waals surface area contributed by atoms with Gasteiger partial charge in [-0.15, -0.1) is 0 Å². The first kappa shape index (κ1) is 13.8. The molecule has 94 valence electrons. The molecule has 7 heteroatoms. The van der Waals surface area contributed by atoms with Crippen molar-refractivity contribution in [3.63, 3.8) is 0 Å². The van der Waals surface area contributed by atoms with Gasteiger partial charge in [-0.2, -0.15) is 0 Å². The zero-order chi connectivity index (χ0) is 13.0. The number of nitrogen functional groups attached to an aromatic ring is 1. The lowest BCUT2D eigenvalue weighted by atomic mass is 10.1. The normalized spacial score (nSPS) is 10.6. The number of nitrogens with zero attached hydrogens (tertiary/aromatic N) is 1. The smallest absolute Gasteiger partial charge is 0.310 e. The van der Waals surface area contributed by atoms with E-state index in [1.54, 1.807) is 6.92 Å². The average Bonchev–Trinajstić information content (AvgIpc) is 2.15. The Morgan fingerprint density at radius 1 is 1.65 bits per heavy atom. The molecule has 0 fully saturated rings. The summed E-state index contributed by atoms with van der Waals surface area (Å²) in [6.45, 7) is 1.84. The summed E-state index contributed by atoms with van der Waals surface area (Å²) in [5.41, 5.74) is 5.11. The van der Waals surface area contributed by atoms with E-state index < -0.39 is 18.0 Å². The predicted octanol–water partition coefficient (Wildman–Crippen LogP) is 2.47. The molecule has 1 aromatic rings. The maximum absolute atomic E-state index is 12.8. The fourth-order valence-corrected chi connectivity index (χ4v) is 1.83. The predicted molar refractivity (Wildman–Crippen MR) is 61.6 cm³/mol. The molecule has 0 aromatic carbocycles. The quantitative estimate of drug-likeness (QED) is 0.685. The number of hydrogen-bond donors (Lipinski definition) is 1. The van der Waals surface area contributed by atoms with E-state index in [4.69, 9.17) is 10.5 Å². The van der Waals surface area contributed by atoms with Crippen molar-refractivity contribution in [1.82, 2.24) is 4.98 Å². The van der Waals surface area contributed by atoms with Crippen LogP contribution in [0.4, 0.5) is 14.6 Å². The van der Waals surface area contributed by atoms with Crippen molar-refractivity contribution in [1.29, 1.82) is 0 Å². The number of carbonyl (C=O) groups is 1. The summed E-state index contributed by atoms with van der Waals surface area (Å²) in [7, 11) is 0. The molecule has 2 N–H and O–H groups in total. The lowest BCUT2D eigenvalue weighted by Crippen LogP contribution is -2.11. The van der Waals surface area contributed by atoms with Crippen LogP contribution in [0.5, 0.6) is 0 Å². The second-order valence-electron chi connectivity index (χ2n) is 3.19. The molecule has 0 bridgehead atoms. The van der Waals surface area contributed by atoms with Crippen LogP contribution in [0.2, 0.25) is 0 Å². The largest absolute Gasteiger partial charge is 0.466 e. The van der Waals surface area contributed by atoms with Crippen LogP contribution in [0, 0.1) is 0 Å². The second kappa shape index (κ2) is 5.90. The molecule has 0 radical (unpaired) electrons. The topological polar surface area (TPSA) is 65.2 Å². The van der Waals surface area contributed by atoms with Crippen LogP contribution in [0.3, 0.4) is 0 Å². The van der Waals surface area contributed by atoms with Crippen molar-refractivity contribution in [2.24, 2.45) is 0 Å². The van der Waals surface area contributed by atoms with Gasteiger partial charge in [-0.3, -0.25) is 4.79 Å². The van der Waals surface area contributed by atoms with Gasteiger partial charge in [-0.1, -0.05) is 0 Å². The van der Waals surface area contributed by atoms with E-state index in [0.29, 0.717) is 4.60 Å². The highest BCUT2D eigenvalue weighted by atomic mass is 79.9. The molecule has 0 aliphatic carbocycles. The first-order valence-electron chi connectivity index (χ1n) is 4.84. The zero-order valence-corrected chi connectivity index (χ0v) is 10.6. The van der Waals surface area contributed by atoms with Gasteiger partial charge in [0.2, 0.25) is 0 Å². The van der Waals surface area contributed by atoms with Crippen molar-refractivity contribution in [2.45, 2.75) is 19.8 Å². The van der Waals surface area contributed by atoms with Crippen LogP contribution in [0.1, 0.15) is 24.5 Å². The number of hydrogen-bond acceptors (Lipinski definition) is 4. The minimum atomic E-state index is -2.78. The van der Waals surface area contributed by atoms with E-state index in [1.165, 1.54) is 6.07 Å². The molecule has 0 spiro atoms. The molecule has 17 heavy (non-hydrogen) atoms. The molecule has 0 saturated carbocycles. The van der Waals surface area contributed by atoms with Gasteiger partial charge in [0, 0.05) is 0 Å². The highest BCUT2D eigenvalue weighted by Gasteiger charge is 2.20. The van der Waals surface area contributed by atoms with Crippen LogP contribution < -0.4 is 5.73 Å². The lowest BCUT2D eigenvalue weighted by molar-refractivity contribution is -0.142. The van der Waals surface area contributed by atoms with E-state index >= 15 is 0 Å². The highest BCUT2D eigenvalue weighted by Crippen LogP contribution is 2.30. The van der Waals surface area contributed by atoms with E-state index in [-0.39, 0.29) is 24.4 Å². The number of rotatable bonds is 4. The maximum atomic E-state index is 12.8. The van der Waals surface area contributed by atoms with Crippen LogP contribution in [-0.2, 0) is 16.0 Å². The third-order valence-electron chi connectivity index (χ3n) is 2.00. The molecule has 1 heterocycles. The van der Waals surface area contributed by atoms with Gasteiger partial charge >= 0.3 is 5.97 Å². The summed E-state index contributed by atoms with van der Waals surface area (Å²) in [5, 5.41) is 0. The summed E-state index contributed by atoms with van der Waals surface area (Å²) in [6, 6.07) is 1.34. The minimum absolute atomic E-state index is 0.123. The Labute approximate surface area is 105 Å². The number of ether oxygens (including phenoxy) is 1. The summed E-state index contributed by atoms with van der Waals surface area (Å²) < 4.78 is 30.5. The fraction of sp³-hybridized carbons (Fsp3) is 0.400. The molecule has 1 rings (SSSR count). The van der Waals surface area contributed by atoms with Crippen molar-refractivity contribution in [3.05, 3.63) is 21.8 Å². The number of alkyl halides is 2. The monoisotopic (exact) mass is 308 g/mol. The molecule has 0 unspecified atom stereocenters. The Morgan fingerprint density at radius 2 is 2.29 bits per heavy atom. The van der Waals surface area contributed by atoms with Gasteiger partial charge in [-0.05, 0) is 34.5 Å². The molecular weight excluding hydrogens is 298 g/mol. The second-order valence-corrected chi connectivity index (χ2v) is 4.00. The Balaban J connectivity index is 3.08. The fourth-order valence-electron chi connectivity index (χ4n) is 1.36. The van der Waals surface area contributed by atoms with E-state index in [0.717, 1.165) is 0 Å². The van der Waals surface area contributed by atoms with Crippen molar-refractivity contribution in [2.75, 3.05) is 12.3 Å². The molecular formula is C10H11BrF2N2O2. The number of anilines is 1. The first-order valence-corrected chi connectivity index (χ1v) is 5.63. The summed E-state index contributed by atoms with van der Waals surface area (Å²) in [4.78, 5) is 14.9. The standard InChI is InChI=1S/C10H11BrF2N2O2/c1-2-17-7(16)4-5-3-6(11)15-10(14)8(5)9(12)13/h3,9H,2,4H2,1H3,(H2,14,15). The number of aromatic nitrogens is 1. The Hall–Kier alpha value is -1.24. The molecule has 0 aliphatic heterocycles. The first-order chi connectivity index (χ1) is 7.95. The van der Waals surface area contributed by atoms with Crippen molar-refractivity contribution in [3.8, 4) is 0 Å². The zero-order valence-electron chi connectivity index (χ0n) is 9.04. The van der Waals surface area contributed by atoms with Crippen LogP contribution in [0.25, 0.3) is 0 Å². The van der Waals surface area contributed by atoms with Crippen LogP contribution in [-0.4, -0.2) is 17.6 Å². The molecule has 0 amide bonds. The van der Waals surface area contributed by atoms with Gasteiger partial charge in [0.1, 0.15) is 10.4 Å². The van der Waals surface area contributed by atoms with Gasteiger partial charge in [0.05, 0.1) is 18.6 Å². The number of carbonyl (C=O) groups excluding carboxylic acids is 1. The molecule has 0 aliphatic rings. The average molecular weight is 309 g/mol. The highest BCUT2D eigenvalue weighted by molar-refractivity contribution is 9.10. The van der Waals surface area contributed by atoms with Crippen molar-refractivity contribution < 1.29 is 18.3 Å². The van der Waals surface area contributed by atoms with E-state index in [9.17, 15) is 13.6 Å². The maximum Gasteiger partial charge on any atom is 0.310 e. The molecule has 4 nitrogen and oxygen atoms in total. The number of halogens is 3. The Morgan fingerprint density at radius 3 is 2.82 bits per heavy atom. The molecule has 0 saturated heterocycles. The number of nitrogens with two attached hydrogens (primary N) is 1. The summed E-state index contributed by atoms with van der Waals surface area (Å²) in [5.74, 6) is -0.861. The van der Waals surface area contributed by atoms with E-state index in [2.05, 4.69) is 20.9 Å². The summed E-state index contributed by atoms with van der Waals surface area (Å²) in [6.07, 6.45) is -3.03. The lowest BCUT2D eigenvalue weighted by Gasteiger charge is -2.11. The van der Waals surface area contributed by atoms with Gasteiger partial charge in [-0.25, -0.2) is 13.8 Å².